The van der Waals surface area contributed by atoms with Crippen molar-refractivity contribution in [2.75, 3.05) is 5.32 Å². The van der Waals surface area contributed by atoms with Gasteiger partial charge in [0.15, 0.2) is 0 Å². The number of carbonyl (C=O) groups is 1. The minimum atomic E-state index is -1.14. The molecule has 0 aliphatic heterocycles. The predicted molar refractivity (Wildman–Crippen MR) is 67.5 cm³/mol. The van der Waals surface area contributed by atoms with Crippen molar-refractivity contribution < 1.29 is 14.3 Å². The van der Waals surface area contributed by atoms with Crippen LogP contribution in [0.25, 0.3) is 0 Å². The van der Waals surface area contributed by atoms with Crippen molar-refractivity contribution in [1.29, 1.82) is 0 Å². The van der Waals surface area contributed by atoms with Gasteiger partial charge in [-0.05, 0) is 25.1 Å². The quantitative estimate of drug-likeness (QED) is 0.893. The largest absolute Gasteiger partial charge is 0.478 e. The minimum Gasteiger partial charge on any atom is -0.478 e. The molecule has 0 atom stereocenters. The van der Waals surface area contributed by atoms with Crippen molar-refractivity contribution in [2.24, 2.45) is 0 Å². The van der Waals surface area contributed by atoms with E-state index >= 15 is 0 Å². The van der Waals surface area contributed by atoms with Gasteiger partial charge < -0.3 is 10.4 Å². The van der Waals surface area contributed by atoms with Crippen LogP contribution in [0.15, 0.2) is 23.6 Å². The van der Waals surface area contributed by atoms with Gasteiger partial charge in [0.25, 0.3) is 0 Å². The lowest BCUT2D eigenvalue weighted by Gasteiger charge is -2.06. The Morgan fingerprint density at radius 3 is 2.89 bits per heavy atom. The number of aryl methyl sites for hydroxylation is 1. The summed E-state index contributed by atoms with van der Waals surface area (Å²) in [4.78, 5) is 14.9. The fraction of sp³-hybridized carbons (Fsp3) is 0.167. The standard InChI is InChI=1S/C12H11FN2O2S/c1-7-15-9(6-18-7)5-14-11-3-2-8(12(16)17)4-10(11)13/h2-4,6,14H,5H2,1H3,(H,16,17). The number of rotatable bonds is 4. The molecule has 0 aliphatic rings. The maximum atomic E-state index is 13.6. The lowest BCUT2D eigenvalue weighted by atomic mass is 10.2. The number of thiazole rings is 1. The molecule has 6 heteroatoms. The summed E-state index contributed by atoms with van der Waals surface area (Å²) in [5.41, 5.74) is 1.03. The van der Waals surface area contributed by atoms with Gasteiger partial charge in [0.2, 0.25) is 0 Å². The second-order valence-corrected chi connectivity index (χ2v) is 4.77. The van der Waals surface area contributed by atoms with E-state index in [1.54, 1.807) is 0 Å². The van der Waals surface area contributed by atoms with E-state index in [4.69, 9.17) is 5.11 Å². The van der Waals surface area contributed by atoms with E-state index in [0.717, 1.165) is 16.8 Å². The van der Waals surface area contributed by atoms with E-state index in [9.17, 15) is 9.18 Å². The molecule has 0 saturated carbocycles. The van der Waals surface area contributed by atoms with Crippen LogP contribution in [0, 0.1) is 12.7 Å². The minimum absolute atomic E-state index is 0.0671. The summed E-state index contributed by atoms with van der Waals surface area (Å²) in [6, 6.07) is 3.77. The molecule has 0 aliphatic carbocycles. The Labute approximate surface area is 107 Å². The first kappa shape index (κ1) is 12.5. The van der Waals surface area contributed by atoms with Crippen LogP contribution in [0.5, 0.6) is 0 Å². The van der Waals surface area contributed by atoms with Gasteiger partial charge in [0, 0.05) is 5.38 Å². The molecule has 0 unspecified atom stereocenters. The van der Waals surface area contributed by atoms with E-state index in [1.165, 1.54) is 23.5 Å². The number of hydrogen-bond donors (Lipinski definition) is 2. The number of aromatic nitrogens is 1. The SMILES string of the molecule is Cc1nc(CNc2ccc(C(=O)O)cc2F)cs1. The summed E-state index contributed by atoms with van der Waals surface area (Å²) in [6.07, 6.45) is 0. The fourth-order valence-electron chi connectivity index (χ4n) is 1.47. The number of carboxylic acid groups (broad SMARTS) is 1. The van der Waals surface area contributed by atoms with Crippen molar-refractivity contribution in [2.45, 2.75) is 13.5 Å². The molecule has 4 nitrogen and oxygen atoms in total. The van der Waals surface area contributed by atoms with Crippen molar-refractivity contribution in [1.82, 2.24) is 4.98 Å². The monoisotopic (exact) mass is 266 g/mol. The Morgan fingerprint density at radius 1 is 1.56 bits per heavy atom. The van der Waals surface area contributed by atoms with Gasteiger partial charge in [-0.2, -0.15) is 0 Å². The molecule has 0 radical (unpaired) electrons. The van der Waals surface area contributed by atoms with Crippen molar-refractivity contribution in [3.63, 3.8) is 0 Å². The molecule has 1 aromatic carbocycles. The summed E-state index contributed by atoms with van der Waals surface area (Å²) in [5.74, 6) is -1.72. The Hall–Kier alpha value is -1.95. The summed E-state index contributed by atoms with van der Waals surface area (Å²) >= 11 is 1.53. The zero-order chi connectivity index (χ0) is 13.1. The average molecular weight is 266 g/mol. The molecule has 1 aromatic heterocycles. The van der Waals surface area contributed by atoms with Gasteiger partial charge in [-0.3, -0.25) is 0 Å². The highest BCUT2D eigenvalue weighted by Gasteiger charge is 2.08. The van der Waals surface area contributed by atoms with Crippen LogP contribution in [0.3, 0.4) is 0 Å². The average Bonchev–Trinajstić information content (AvgIpc) is 2.73. The van der Waals surface area contributed by atoms with E-state index < -0.39 is 11.8 Å². The van der Waals surface area contributed by atoms with Crippen LogP contribution in [-0.4, -0.2) is 16.1 Å². The van der Waals surface area contributed by atoms with Crippen LogP contribution in [0.4, 0.5) is 10.1 Å². The van der Waals surface area contributed by atoms with Gasteiger partial charge in [-0.1, -0.05) is 0 Å². The third-order valence-corrected chi connectivity index (χ3v) is 3.16. The summed E-state index contributed by atoms with van der Waals surface area (Å²) in [7, 11) is 0. The molecule has 18 heavy (non-hydrogen) atoms. The van der Waals surface area contributed by atoms with Crippen LogP contribution in [0.1, 0.15) is 21.1 Å². The molecule has 2 N–H and O–H groups in total. The van der Waals surface area contributed by atoms with Gasteiger partial charge in [-0.25, -0.2) is 14.2 Å². The van der Waals surface area contributed by atoms with Crippen LogP contribution in [0.2, 0.25) is 0 Å². The van der Waals surface area contributed by atoms with Crippen molar-refractivity contribution in [3.05, 3.63) is 45.7 Å². The number of halogens is 1. The molecule has 0 fully saturated rings. The van der Waals surface area contributed by atoms with Gasteiger partial charge in [-0.15, -0.1) is 11.3 Å². The zero-order valence-corrected chi connectivity index (χ0v) is 10.4. The maximum Gasteiger partial charge on any atom is 0.335 e. The highest BCUT2D eigenvalue weighted by molar-refractivity contribution is 7.09. The van der Waals surface area contributed by atoms with E-state index in [1.807, 2.05) is 12.3 Å². The molecular weight excluding hydrogens is 255 g/mol. The van der Waals surface area contributed by atoms with E-state index in [0.29, 0.717) is 6.54 Å². The van der Waals surface area contributed by atoms with Crippen LogP contribution >= 0.6 is 11.3 Å². The summed E-state index contributed by atoms with van der Waals surface area (Å²) in [6.45, 7) is 2.31. The molecule has 1 heterocycles. The highest BCUT2D eigenvalue weighted by Crippen LogP contribution is 2.17. The number of aromatic carboxylic acids is 1. The third kappa shape index (κ3) is 2.84. The van der Waals surface area contributed by atoms with E-state index in [2.05, 4.69) is 10.3 Å². The first-order valence-corrected chi connectivity index (χ1v) is 6.12. The number of hydrogen-bond acceptors (Lipinski definition) is 4. The molecule has 2 rings (SSSR count). The lowest BCUT2D eigenvalue weighted by Crippen LogP contribution is -2.04. The van der Waals surface area contributed by atoms with Crippen molar-refractivity contribution in [3.8, 4) is 0 Å². The Balaban J connectivity index is 2.08. The van der Waals surface area contributed by atoms with Gasteiger partial charge >= 0.3 is 5.97 Å². The topological polar surface area (TPSA) is 62.2 Å². The molecule has 0 amide bonds. The van der Waals surface area contributed by atoms with Crippen LogP contribution in [-0.2, 0) is 6.54 Å². The Morgan fingerprint density at radius 2 is 2.33 bits per heavy atom. The summed E-state index contributed by atoms with van der Waals surface area (Å²) in [5, 5.41) is 14.4. The van der Waals surface area contributed by atoms with Gasteiger partial charge in [0.1, 0.15) is 5.82 Å². The Kier molecular flexibility index (Phi) is 3.57. The molecule has 0 spiro atoms. The number of anilines is 1. The normalized spacial score (nSPS) is 10.3. The number of nitrogens with zero attached hydrogens (tertiary/aromatic N) is 1. The predicted octanol–water partition coefficient (Wildman–Crippen LogP) is 2.90. The third-order valence-electron chi connectivity index (χ3n) is 2.34. The molecule has 0 bridgehead atoms. The fourth-order valence-corrected chi connectivity index (χ4v) is 2.08. The van der Waals surface area contributed by atoms with Crippen molar-refractivity contribution >= 4 is 23.0 Å². The number of nitrogens with one attached hydrogen (secondary N) is 1. The smallest absolute Gasteiger partial charge is 0.335 e. The van der Waals surface area contributed by atoms with E-state index in [-0.39, 0.29) is 11.3 Å². The van der Waals surface area contributed by atoms with Gasteiger partial charge in [0.05, 0.1) is 28.5 Å². The summed E-state index contributed by atoms with van der Waals surface area (Å²) < 4.78 is 13.6. The number of carboxylic acids is 1. The zero-order valence-electron chi connectivity index (χ0n) is 9.61. The maximum absolute atomic E-state index is 13.6. The molecule has 2 aromatic rings. The first-order chi connectivity index (χ1) is 8.56. The first-order valence-electron chi connectivity index (χ1n) is 5.24. The Bertz CT molecular complexity index is 583. The molecule has 94 valence electrons. The lowest BCUT2D eigenvalue weighted by molar-refractivity contribution is 0.0696. The molecule has 0 saturated heterocycles. The second-order valence-electron chi connectivity index (χ2n) is 3.71. The van der Waals surface area contributed by atoms with Crippen LogP contribution < -0.4 is 5.32 Å². The second kappa shape index (κ2) is 5.14. The molecular formula is C12H11FN2O2S. The highest BCUT2D eigenvalue weighted by atomic mass is 32.1. The number of benzene rings is 1.